The number of methoxy groups -OCH3 is 1. The number of nitrogens with one attached hydrogen (secondary N) is 1. The molecule has 1 N–H and O–H groups in total. The van der Waals surface area contributed by atoms with Gasteiger partial charge in [-0.25, -0.2) is 0 Å². The van der Waals surface area contributed by atoms with E-state index < -0.39 is 0 Å². The number of aromatic nitrogens is 2. The lowest BCUT2D eigenvalue weighted by Crippen LogP contribution is -2.29. The van der Waals surface area contributed by atoms with E-state index in [0.717, 1.165) is 52.8 Å². The highest BCUT2D eigenvalue weighted by atomic mass is 32.1. The van der Waals surface area contributed by atoms with Gasteiger partial charge in [0.25, 0.3) is 0 Å². The second-order valence-electron chi connectivity index (χ2n) is 10.4. The quantitative estimate of drug-likeness (QED) is 0.256. The number of anilines is 1. The monoisotopic (exact) mass is 538 g/mol. The Bertz CT molecular complexity index is 1460. The third-order valence-corrected chi connectivity index (χ3v) is 8.23. The van der Waals surface area contributed by atoms with Crippen LogP contribution in [0.25, 0.3) is 5.69 Å². The molecule has 39 heavy (non-hydrogen) atoms. The summed E-state index contributed by atoms with van der Waals surface area (Å²) in [5.74, 6) is 1.75. The van der Waals surface area contributed by atoms with Crippen molar-refractivity contribution in [3.8, 4) is 17.2 Å². The van der Waals surface area contributed by atoms with Crippen molar-refractivity contribution in [3.63, 3.8) is 0 Å². The van der Waals surface area contributed by atoms with Gasteiger partial charge in [-0.3, -0.25) is 4.98 Å². The van der Waals surface area contributed by atoms with Crippen LogP contribution < -0.4 is 19.7 Å². The molecule has 1 saturated heterocycles. The average molecular weight is 539 g/mol. The summed E-state index contributed by atoms with van der Waals surface area (Å²) >= 11 is 5.97. The third kappa shape index (κ3) is 4.87. The molecule has 1 aliphatic carbocycles. The molecule has 1 aliphatic heterocycles. The lowest BCUT2D eigenvalue weighted by molar-refractivity contribution is 0.210. The zero-order chi connectivity index (χ0) is 26.9. The number of nitrogens with zero attached hydrogens (tertiary/aromatic N) is 3. The van der Waals surface area contributed by atoms with E-state index in [9.17, 15) is 0 Å². The summed E-state index contributed by atoms with van der Waals surface area (Å²) in [7, 11) is 1.70. The predicted octanol–water partition coefficient (Wildman–Crippen LogP) is 7.00. The van der Waals surface area contributed by atoms with Crippen molar-refractivity contribution in [1.29, 1.82) is 0 Å². The van der Waals surface area contributed by atoms with E-state index in [1.807, 2.05) is 30.5 Å². The molecule has 0 radical (unpaired) electrons. The molecule has 0 amide bonds. The second kappa shape index (κ2) is 10.7. The topological polar surface area (TPSA) is 51.5 Å². The van der Waals surface area contributed by atoms with Gasteiger partial charge < -0.3 is 24.3 Å². The van der Waals surface area contributed by atoms with E-state index in [0.29, 0.717) is 11.2 Å². The smallest absolute Gasteiger partial charge is 0.174 e. The molecule has 2 aromatic heterocycles. The summed E-state index contributed by atoms with van der Waals surface area (Å²) in [5, 5.41) is 4.28. The first-order valence-electron chi connectivity index (χ1n) is 13.6. The standard InChI is InChI=1S/C32H34N4O2S/c1-21-19-28(22(2)35(21)24-9-8-12-27(20-24)37-3)31-30(29-13-6-7-18-33-29)34-32(39)36(31)23-14-16-26(17-15-23)38-25-10-4-5-11-25/h6-9,12-20,25,30-31H,4-5,10-11H2,1-3H3,(H,34,39)/t30-,31-/m0/s1. The number of benzene rings is 2. The Balaban J connectivity index is 1.41. The molecule has 4 aromatic rings. The number of hydrogen-bond donors (Lipinski definition) is 1. The van der Waals surface area contributed by atoms with E-state index >= 15 is 0 Å². The van der Waals surface area contributed by atoms with Gasteiger partial charge >= 0.3 is 0 Å². The van der Waals surface area contributed by atoms with Crippen LogP contribution >= 0.6 is 12.2 Å². The van der Waals surface area contributed by atoms with Crippen LogP contribution in [0.3, 0.4) is 0 Å². The summed E-state index contributed by atoms with van der Waals surface area (Å²) in [6, 6.07) is 24.7. The maximum Gasteiger partial charge on any atom is 0.174 e. The number of thiocarbonyl (C=S) groups is 1. The first-order chi connectivity index (χ1) is 19.0. The molecule has 2 atom stereocenters. The SMILES string of the molecule is COc1cccc(-n2c(C)cc([C@H]3[C@H](c4ccccn4)NC(=S)N3c3ccc(OC4CCCC4)cc3)c2C)c1. The highest BCUT2D eigenvalue weighted by Crippen LogP contribution is 2.44. The minimum Gasteiger partial charge on any atom is -0.497 e. The lowest BCUT2D eigenvalue weighted by Gasteiger charge is -2.28. The molecular formula is C32H34N4O2S. The van der Waals surface area contributed by atoms with Gasteiger partial charge in [0.1, 0.15) is 11.5 Å². The molecule has 2 aromatic carbocycles. The van der Waals surface area contributed by atoms with E-state index in [2.05, 4.69) is 77.2 Å². The molecule has 7 heteroatoms. The Hall–Kier alpha value is -3.84. The van der Waals surface area contributed by atoms with Crippen molar-refractivity contribution in [2.24, 2.45) is 0 Å². The molecule has 200 valence electrons. The van der Waals surface area contributed by atoms with Crippen molar-refractivity contribution < 1.29 is 9.47 Å². The largest absolute Gasteiger partial charge is 0.497 e. The van der Waals surface area contributed by atoms with Crippen LogP contribution in [0.2, 0.25) is 0 Å². The van der Waals surface area contributed by atoms with Gasteiger partial charge in [0.2, 0.25) is 0 Å². The van der Waals surface area contributed by atoms with Gasteiger partial charge in [-0.2, -0.15) is 0 Å². The van der Waals surface area contributed by atoms with Gasteiger partial charge in [0, 0.05) is 35.0 Å². The minimum atomic E-state index is -0.104. The van der Waals surface area contributed by atoms with Crippen molar-refractivity contribution in [2.75, 3.05) is 12.0 Å². The summed E-state index contributed by atoms with van der Waals surface area (Å²) in [5.41, 5.74) is 6.56. The number of hydrogen-bond acceptors (Lipinski definition) is 4. The molecular weight excluding hydrogens is 504 g/mol. The van der Waals surface area contributed by atoms with E-state index in [1.54, 1.807) is 7.11 Å². The van der Waals surface area contributed by atoms with Crippen LogP contribution in [-0.4, -0.2) is 27.9 Å². The summed E-state index contributed by atoms with van der Waals surface area (Å²) in [6.07, 6.45) is 6.95. The van der Waals surface area contributed by atoms with E-state index in [4.69, 9.17) is 26.7 Å². The lowest BCUT2D eigenvalue weighted by atomic mass is 9.96. The van der Waals surface area contributed by atoms with Crippen LogP contribution in [0.5, 0.6) is 11.5 Å². The summed E-state index contributed by atoms with van der Waals surface area (Å²) in [4.78, 5) is 6.95. The molecule has 6 rings (SSSR count). The van der Waals surface area contributed by atoms with Gasteiger partial charge in [-0.05, 0) is 112 Å². The summed E-state index contributed by atoms with van der Waals surface area (Å²) < 4.78 is 14.0. The Morgan fingerprint density at radius 2 is 1.69 bits per heavy atom. The maximum absolute atomic E-state index is 6.24. The highest BCUT2D eigenvalue weighted by molar-refractivity contribution is 7.80. The molecule has 0 bridgehead atoms. The Kier molecular flexibility index (Phi) is 7.00. The van der Waals surface area contributed by atoms with Gasteiger partial charge in [-0.15, -0.1) is 0 Å². The van der Waals surface area contributed by atoms with Crippen LogP contribution in [-0.2, 0) is 0 Å². The van der Waals surface area contributed by atoms with Gasteiger partial charge in [0.05, 0.1) is 31.0 Å². The average Bonchev–Trinajstić information content (AvgIpc) is 3.67. The Labute approximate surface area is 235 Å². The summed E-state index contributed by atoms with van der Waals surface area (Å²) in [6.45, 7) is 4.32. The van der Waals surface area contributed by atoms with Crippen LogP contribution in [0.4, 0.5) is 5.69 Å². The number of rotatable bonds is 7. The Morgan fingerprint density at radius 3 is 2.41 bits per heavy atom. The molecule has 2 aliphatic rings. The molecule has 0 unspecified atom stereocenters. The molecule has 0 spiro atoms. The van der Waals surface area contributed by atoms with E-state index in [-0.39, 0.29) is 12.1 Å². The molecule has 1 saturated carbocycles. The number of ether oxygens (including phenoxy) is 2. The van der Waals surface area contributed by atoms with Crippen LogP contribution in [0.1, 0.15) is 60.4 Å². The van der Waals surface area contributed by atoms with Gasteiger partial charge in [-0.1, -0.05) is 12.1 Å². The van der Waals surface area contributed by atoms with Crippen molar-refractivity contribution in [3.05, 3.63) is 102 Å². The first-order valence-corrected chi connectivity index (χ1v) is 14.0. The van der Waals surface area contributed by atoms with Crippen molar-refractivity contribution in [2.45, 2.75) is 57.7 Å². The Morgan fingerprint density at radius 1 is 0.897 bits per heavy atom. The molecule has 6 nitrogen and oxygen atoms in total. The van der Waals surface area contributed by atoms with Crippen LogP contribution in [0.15, 0.2) is 79.0 Å². The number of pyridine rings is 1. The van der Waals surface area contributed by atoms with Crippen LogP contribution in [0, 0.1) is 13.8 Å². The fraction of sp³-hybridized carbons (Fsp3) is 0.312. The maximum atomic E-state index is 6.24. The second-order valence-corrected chi connectivity index (χ2v) is 10.8. The fourth-order valence-electron chi connectivity index (χ4n) is 6.07. The third-order valence-electron chi connectivity index (χ3n) is 7.92. The molecule has 3 heterocycles. The highest BCUT2D eigenvalue weighted by Gasteiger charge is 2.42. The zero-order valence-corrected chi connectivity index (χ0v) is 23.4. The van der Waals surface area contributed by atoms with Crippen molar-refractivity contribution >= 4 is 23.0 Å². The first kappa shape index (κ1) is 25.4. The van der Waals surface area contributed by atoms with Gasteiger partial charge in [0.15, 0.2) is 5.11 Å². The molecule has 2 fully saturated rings. The fourth-order valence-corrected chi connectivity index (χ4v) is 6.41. The van der Waals surface area contributed by atoms with E-state index in [1.165, 1.54) is 18.4 Å². The minimum absolute atomic E-state index is 0.0837. The zero-order valence-electron chi connectivity index (χ0n) is 22.6. The predicted molar refractivity (Wildman–Crippen MR) is 159 cm³/mol. The van der Waals surface area contributed by atoms with Crippen molar-refractivity contribution in [1.82, 2.24) is 14.9 Å². The normalized spacial score (nSPS) is 19.4. The number of aryl methyl sites for hydroxylation is 1.